The predicted octanol–water partition coefficient (Wildman–Crippen LogP) is 3.59. The molecular weight excluding hydrogens is 371 g/mol. The highest BCUT2D eigenvalue weighted by Crippen LogP contribution is 2.68. The van der Waals surface area contributed by atoms with E-state index in [1.165, 1.54) is 0 Å². The van der Waals surface area contributed by atoms with Crippen molar-refractivity contribution in [2.45, 2.75) is 89.5 Å². The van der Waals surface area contributed by atoms with Crippen LogP contribution in [0.2, 0.25) is 0 Å². The Kier molecular flexibility index (Phi) is 5.32. The van der Waals surface area contributed by atoms with Crippen molar-refractivity contribution in [3.05, 3.63) is 0 Å². The molecule has 0 aliphatic heterocycles. The van der Waals surface area contributed by atoms with Crippen molar-refractivity contribution in [1.29, 1.82) is 0 Å². The molecule has 0 spiro atoms. The normalized spacial score (nSPS) is 49.6. The van der Waals surface area contributed by atoms with Gasteiger partial charge in [0, 0.05) is 17.8 Å². The van der Waals surface area contributed by atoms with Gasteiger partial charge in [-0.3, -0.25) is 9.59 Å². The molecule has 0 radical (unpaired) electrons. The van der Waals surface area contributed by atoms with Crippen molar-refractivity contribution < 1.29 is 24.2 Å². The molecule has 0 aromatic rings. The van der Waals surface area contributed by atoms with E-state index in [0.717, 1.165) is 12.8 Å². The fourth-order valence-electron chi connectivity index (χ4n) is 6.72. The lowest BCUT2D eigenvalue weighted by atomic mass is 9.45. The highest BCUT2D eigenvalue weighted by molar-refractivity contribution is 6.29. The topological polar surface area (TPSA) is 74.6 Å². The standard InChI is InChI=1S/C21H32ClFO4/c1-4-5-9-18(2)15(24)7-6-14-13-8-10-20(27,17(26)12-22)19(13,3)11-16(25)21(14,18)23/h13-14,16,25,27H,4-12H2,1-3H3/t13-,14-,16-,18-,19-,20-,21?/m0/s1. The number of rotatable bonds is 5. The second kappa shape index (κ2) is 6.77. The third-order valence-electron chi connectivity index (χ3n) is 8.46. The maximum absolute atomic E-state index is 16.7. The summed E-state index contributed by atoms with van der Waals surface area (Å²) in [6.07, 6.45) is 1.98. The van der Waals surface area contributed by atoms with E-state index < -0.39 is 39.9 Å². The molecule has 2 N–H and O–H groups in total. The molecule has 3 aliphatic rings. The van der Waals surface area contributed by atoms with E-state index in [-0.39, 0.29) is 36.8 Å². The van der Waals surface area contributed by atoms with Crippen molar-refractivity contribution in [3.8, 4) is 0 Å². The molecule has 0 heterocycles. The number of carbonyl (C=O) groups is 2. The highest BCUT2D eigenvalue weighted by atomic mass is 35.5. The number of aliphatic hydroxyl groups excluding tert-OH is 1. The summed E-state index contributed by atoms with van der Waals surface area (Å²) in [5, 5.41) is 22.2. The molecule has 0 saturated heterocycles. The van der Waals surface area contributed by atoms with Crippen molar-refractivity contribution in [3.63, 3.8) is 0 Å². The van der Waals surface area contributed by atoms with Crippen molar-refractivity contribution in [2.24, 2.45) is 22.7 Å². The molecule has 0 amide bonds. The van der Waals surface area contributed by atoms with Crippen LogP contribution >= 0.6 is 11.6 Å². The Balaban J connectivity index is 2.06. The number of fused-ring (bicyclic) bond motifs is 3. The van der Waals surface area contributed by atoms with Crippen LogP contribution in [0, 0.1) is 22.7 Å². The van der Waals surface area contributed by atoms with E-state index >= 15 is 4.39 Å². The van der Waals surface area contributed by atoms with Crippen LogP contribution < -0.4 is 0 Å². The molecule has 7 atom stereocenters. The first-order chi connectivity index (χ1) is 12.5. The zero-order valence-corrected chi connectivity index (χ0v) is 17.3. The highest BCUT2D eigenvalue weighted by Gasteiger charge is 2.74. The Morgan fingerprint density at radius 1 is 1.30 bits per heavy atom. The summed E-state index contributed by atoms with van der Waals surface area (Å²) in [6, 6.07) is 0. The summed E-state index contributed by atoms with van der Waals surface area (Å²) < 4.78 is 16.7. The molecule has 3 saturated carbocycles. The minimum absolute atomic E-state index is 0.0290. The number of ketones is 2. The maximum atomic E-state index is 16.7. The van der Waals surface area contributed by atoms with E-state index in [9.17, 15) is 19.8 Å². The van der Waals surface area contributed by atoms with Gasteiger partial charge in [-0.05, 0) is 44.9 Å². The summed E-state index contributed by atoms with van der Waals surface area (Å²) in [5.74, 6) is -1.65. The molecule has 4 nitrogen and oxygen atoms in total. The second-order valence-electron chi connectivity index (χ2n) is 9.47. The first kappa shape index (κ1) is 21.2. The number of Topliss-reactive ketones (excluding diaryl/α,β-unsaturated/α-hetero) is 2. The van der Waals surface area contributed by atoms with Gasteiger partial charge in [0.05, 0.1) is 17.4 Å². The molecule has 1 unspecified atom stereocenters. The van der Waals surface area contributed by atoms with Gasteiger partial charge in [0.2, 0.25) is 0 Å². The minimum Gasteiger partial charge on any atom is -0.390 e. The van der Waals surface area contributed by atoms with Crippen LogP contribution in [0.1, 0.15) is 72.1 Å². The Labute approximate surface area is 165 Å². The summed E-state index contributed by atoms with van der Waals surface area (Å²) >= 11 is 5.75. The number of halogens is 2. The first-order valence-corrected chi connectivity index (χ1v) is 10.8. The van der Waals surface area contributed by atoms with Gasteiger partial charge >= 0.3 is 0 Å². The van der Waals surface area contributed by atoms with E-state index in [4.69, 9.17) is 11.6 Å². The zero-order chi connectivity index (χ0) is 20.3. The van der Waals surface area contributed by atoms with Gasteiger partial charge in [0.15, 0.2) is 11.5 Å². The Bertz CT molecular complexity index is 642. The SMILES string of the molecule is CCCC[C@@]1(C)C(=O)CC[C@H]2[C@@H]3CC[C@](O)(C(=O)CCl)[C@@]3(C)C[C@H](O)C21F. The molecule has 3 rings (SSSR count). The van der Waals surface area contributed by atoms with Crippen LogP contribution in [-0.2, 0) is 9.59 Å². The van der Waals surface area contributed by atoms with E-state index in [0.29, 0.717) is 19.3 Å². The van der Waals surface area contributed by atoms with Crippen molar-refractivity contribution >= 4 is 23.2 Å². The van der Waals surface area contributed by atoms with Gasteiger partial charge in [-0.25, -0.2) is 4.39 Å². The lowest BCUT2D eigenvalue weighted by molar-refractivity contribution is -0.231. The summed E-state index contributed by atoms with van der Waals surface area (Å²) in [7, 11) is 0. The van der Waals surface area contributed by atoms with Gasteiger partial charge in [0.1, 0.15) is 11.4 Å². The largest absolute Gasteiger partial charge is 0.390 e. The predicted molar refractivity (Wildman–Crippen MR) is 101 cm³/mol. The monoisotopic (exact) mass is 402 g/mol. The lowest BCUT2D eigenvalue weighted by Crippen LogP contribution is -2.70. The third kappa shape index (κ3) is 2.53. The Hall–Kier alpha value is -0.520. The molecule has 27 heavy (non-hydrogen) atoms. The fraction of sp³-hybridized carbons (Fsp3) is 0.905. The van der Waals surface area contributed by atoms with Crippen LogP contribution in [0.3, 0.4) is 0 Å². The maximum Gasteiger partial charge on any atom is 0.179 e. The van der Waals surface area contributed by atoms with Gasteiger partial charge in [-0.15, -0.1) is 11.6 Å². The molecule has 0 aromatic heterocycles. The number of unbranched alkanes of at least 4 members (excludes halogenated alkanes) is 1. The number of carbonyl (C=O) groups excluding carboxylic acids is 2. The first-order valence-electron chi connectivity index (χ1n) is 10.2. The molecule has 6 heteroatoms. The van der Waals surface area contributed by atoms with E-state index in [1.54, 1.807) is 13.8 Å². The molecule has 3 fully saturated rings. The van der Waals surface area contributed by atoms with Crippen LogP contribution in [0.5, 0.6) is 0 Å². The Morgan fingerprint density at radius 2 is 1.96 bits per heavy atom. The van der Waals surface area contributed by atoms with Gasteiger partial charge in [-0.1, -0.05) is 26.7 Å². The number of aliphatic hydroxyl groups is 2. The van der Waals surface area contributed by atoms with Crippen molar-refractivity contribution in [2.75, 3.05) is 5.88 Å². The number of hydrogen-bond donors (Lipinski definition) is 2. The van der Waals surface area contributed by atoms with E-state index in [2.05, 4.69) is 0 Å². The fourth-order valence-corrected chi connectivity index (χ4v) is 6.95. The number of hydrogen-bond acceptors (Lipinski definition) is 4. The summed E-state index contributed by atoms with van der Waals surface area (Å²) in [6.45, 7) is 5.47. The third-order valence-corrected chi connectivity index (χ3v) is 8.71. The molecule has 0 aromatic carbocycles. The minimum atomic E-state index is -2.02. The molecular formula is C21H32ClFO4. The molecule has 154 valence electrons. The van der Waals surface area contributed by atoms with Crippen LogP contribution in [0.25, 0.3) is 0 Å². The number of alkyl halides is 2. The van der Waals surface area contributed by atoms with Crippen LogP contribution in [0.15, 0.2) is 0 Å². The average molecular weight is 403 g/mol. The quantitative estimate of drug-likeness (QED) is 0.689. The van der Waals surface area contributed by atoms with Gasteiger partial charge < -0.3 is 10.2 Å². The van der Waals surface area contributed by atoms with Crippen LogP contribution in [-0.4, -0.2) is 45.0 Å². The molecule has 3 aliphatic carbocycles. The smallest absolute Gasteiger partial charge is 0.179 e. The summed E-state index contributed by atoms with van der Waals surface area (Å²) in [4.78, 5) is 25.3. The van der Waals surface area contributed by atoms with Crippen molar-refractivity contribution in [1.82, 2.24) is 0 Å². The Morgan fingerprint density at radius 3 is 2.56 bits per heavy atom. The van der Waals surface area contributed by atoms with Crippen LogP contribution in [0.4, 0.5) is 4.39 Å². The zero-order valence-electron chi connectivity index (χ0n) is 16.6. The molecule has 0 bridgehead atoms. The summed E-state index contributed by atoms with van der Waals surface area (Å²) in [5.41, 5.74) is -5.80. The second-order valence-corrected chi connectivity index (χ2v) is 9.74. The van der Waals surface area contributed by atoms with E-state index in [1.807, 2.05) is 6.92 Å². The average Bonchev–Trinajstić information content (AvgIpc) is 2.89. The lowest BCUT2D eigenvalue weighted by Gasteiger charge is -2.61. The van der Waals surface area contributed by atoms with Gasteiger partial charge in [-0.2, -0.15) is 0 Å². The van der Waals surface area contributed by atoms with Gasteiger partial charge in [0.25, 0.3) is 0 Å².